The van der Waals surface area contributed by atoms with Crippen molar-refractivity contribution in [2.24, 2.45) is 11.7 Å². The molecular formula is C28H28FN3O3. The fourth-order valence-corrected chi connectivity index (χ4v) is 5.13. The van der Waals surface area contributed by atoms with Gasteiger partial charge in [-0.3, -0.25) is 14.2 Å². The second-order valence-corrected chi connectivity index (χ2v) is 8.59. The van der Waals surface area contributed by atoms with Crippen molar-refractivity contribution in [2.45, 2.75) is 32.7 Å². The van der Waals surface area contributed by atoms with Gasteiger partial charge in [0.05, 0.1) is 35.0 Å². The van der Waals surface area contributed by atoms with Gasteiger partial charge >= 0.3 is 0 Å². The molecule has 0 saturated carbocycles. The van der Waals surface area contributed by atoms with E-state index in [2.05, 4.69) is 4.98 Å². The van der Waals surface area contributed by atoms with E-state index in [9.17, 15) is 9.59 Å². The number of nitrogens with zero attached hydrogens (tertiary/aromatic N) is 2. The smallest absolute Gasteiger partial charge is 0.262 e. The Morgan fingerprint density at radius 3 is 2.40 bits per heavy atom. The normalized spacial score (nSPS) is 13.9. The third-order valence-corrected chi connectivity index (χ3v) is 6.85. The number of carbonyl (C=O) groups excluding carboxylic acids is 1. The molecule has 0 radical (unpaired) electrons. The second kappa shape index (κ2) is 9.33. The molecule has 0 aliphatic heterocycles. The fraction of sp³-hybridized carbons (Fsp3) is 0.250. The number of ether oxygens (including phenoxy) is 1. The zero-order valence-corrected chi connectivity index (χ0v) is 20.2. The summed E-state index contributed by atoms with van der Waals surface area (Å²) in [5.41, 5.74) is 6.02. The molecule has 0 fully saturated rings. The Bertz CT molecular complexity index is 1470. The molecule has 180 valence electrons. The SMILES string of the molecule is CC[C@@](c1c(F)ccc(-c2ccccc2)c1OC)([C@H](C)C(N)=O)n1c(C)nc2ccccc2c1=O. The predicted octanol–water partition coefficient (Wildman–Crippen LogP) is 4.79. The lowest BCUT2D eigenvalue weighted by Crippen LogP contribution is -2.52. The van der Waals surface area contributed by atoms with Crippen molar-refractivity contribution in [2.75, 3.05) is 7.11 Å². The van der Waals surface area contributed by atoms with E-state index in [0.717, 1.165) is 5.56 Å². The number of benzene rings is 3. The Hall–Kier alpha value is -4.00. The lowest BCUT2D eigenvalue weighted by atomic mass is 9.74. The van der Waals surface area contributed by atoms with E-state index in [0.29, 0.717) is 22.3 Å². The molecule has 2 N–H and O–H groups in total. The number of carbonyl (C=O) groups is 1. The Morgan fingerprint density at radius 2 is 1.77 bits per heavy atom. The Labute approximate surface area is 203 Å². The summed E-state index contributed by atoms with van der Waals surface area (Å²) in [6.45, 7) is 5.09. The number of methoxy groups -OCH3 is 1. The third-order valence-electron chi connectivity index (χ3n) is 6.85. The Balaban J connectivity index is 2.20. The number of aryl methyl sites for hydroxylation is 1. The summed E-state index contributed by atoms with van der Waals surface area (Å²) in [6.07, 6.45) is 0.184. The van der Waals surface area contributed by atoms with Crippen molar-refractivity contribution in [3.8, 4) is 16.9 Å². The van der Waals surface area contributed by atoms with E-state index < -0.39 is 23.2 Å². The molecule has 0 aliphatic carbocycles. The minimum Gasteiger partial charge on any atom is -0.496 e. The van der Waals surface area contributed by atoms with Gasteiger partial charge in [0.1, 0.15) is 17.4 Å². The van der Waals surface area contributed by atoms with Crippen molar-refractivity contribution in [1.82, 2.24) is 9.55 Å². The number of aromatic nitrogens is 2. The van der Waals surface area contributed by atoms with Crippen molar-refractivity contribution < 1.29 is 13.9 Å². The van der Waals surface area contributed by atoms with Gasteiger partial charge in [-0.15, -0.1) is 0 Å². The molecule has 1 amide bonds. The van der Waals surface area contributed by atoms with Crippen LogP contribution < -0.4 is 16.0 Å². The first-order chi connectivity index (χ1) is 16.8. The molecular weight excluding hydrogens is 445 g/mol. The van der Waals surface area contributed by atoms with E-state index in [1.807, 2.05) is 30.3 Å². The first-order valence-electron chi connectivity index (χ1n) is 11.5. The van der Waals surface area contributed by atoms with Crippen LogP contribution in [0.1, 0.15) is 31.7 Å². The van der Waals surface area contributed by atoms with E-state index >= 15 is 4.39 Å². The van der Waals surface area contributed by atoms with Crippen LogP contribution in [-0.2, 0) is 10.3 Å². The standard InChI is InChI=1S/C28H28FN3O3/c1-5-28(17(2)26(30)33,32-18(3)31-23-14-10-9-13-21(23)27(32)34)24-22(29)16-15-20(25(24)35-4)19-11-7-6-8-12-19/h6-17H,5H2,1-4H3,(H2,30,33)/t17-,28+/m1/s1. The van der Waals surface area contributed by atoms with Gasteiger partial charge in [0, 0.05) is 5.56 Å². The summed E-state index contributed by atoms with van der Waals surface area (Å²) in [6, 6.07) is 19.3. The molecule has 4 rings (SSSR count). The summed E-state index contributed by atoms with van der Waals surface area (Å²) in [7, 11) is 1.45. The van der Waals surface area contributed by atoms with Gasteiger partial charge in [-0.2, -0.15) is 0 Å². The van der Waals surface area contributed by atoms with Crippen LogP contribution in [0.3, 0.4) is 0 Å². The molecule has 0 unspecified atom stereocenters. The number of hydrogen-bond acceptors (Lipinski definition) is 4. The number of rotatable bonds is 7. The number of para-hydroxylation sites is 1. The molecule has 0 aliphatic rings. The summed E-state index contributed by atoms with van der Waals surface area (Å²) < 4.78 is 23.2. The number of primary amides is 1. The number of amides is 1. The van der Waals surface area contributed by atoms with Crippen LogP contribution in [0.2, 0.25) is 0 Å². The van der Waals surface area contributed by atoms with Gasteiger partial charge in [-0.05, 0) is 43.2 Å². The largest absolute Gasteiger partial charge is 0.496 e. The first-order valence-corrected chi connectivity index (χ1v) is 11.5. The Kier molecular flexibility index (Phi) is 6.43. The minimum atomic E-state index is -1.50. The van der Waals surface area contributed by atoms with Crippen LogP contribution in [0.5, 0.6) is 5.75 Å². The molecule has 0 spiro atoms. The van der Waals surface area contributed by atoms with Crippen molar-refractivity contribution >= 4 is 16.8 Å². The summed E-state index contributed by atoms with van der Waals surface area (Å²) in [5.74, 6) is -1.66. The highest BCUT2D eigenvalue weighted by atomic mass is 19.1. The quantitative estimate of drug-likeness (QED) is 0.418. The number of nitrogens with two attached hydrogens (primary N) is 1. The molecule has 0 bridgehead atoms. The van der Waals surface area contributed by atoms with Gasteiger partial charge in [0.25, 0.3) is 5.56 Å². The molecule has 3 aromatic carbocycles. The van der Waals surface area contributed by atoms with Gasteiger partial charge < -0.3 is 10.5 Å². The predicted molar refractivity (Wildman–Crippen MR) is 135 cm³/mol. The van der Waals surface area contributed by atoms with Crippen molar-refractivity contribution in [3.05, 3.63) is 94.3 Å². The fourth-order valence-electron chi connectivity index (χ4n) is 5.13. The summed E-state index contributed by atoms with van der Waals surface area (Å²) in [5, 5.41) is 0.367. The monoisotopic (exact) mass is 473 g/mol. The maximum absolute atomic E-state index is 15.9. The van der Waals surface area contributed by atoms with E-state index in [1.54, 1.807) is 51.1 Å². The van der Waals surface area contributed by atoms with Crippen LogP contribution in [0.4, 0.5) is 4.39 Å². The first kappa shape index (κ1) is 24.1. The number of fused-ring (bicyclic) bond motifs is 1. The molecule has 1 heterocycles. The highest BCUT2D eigenvalue weighted by molar-refractivity contribution is 5.81. The summed E-state index contributed by atoms with van der Waals surface area (Å²) >= 11 is 0. The van der Waals surface area contributed by atoms with Crippen molar-refractivity contribution in [3.63, 3.8) is 0 Å². The van der Waals surface area contributed by atoms with Gasteiger partial charge in [-0.1, -0.05) is 56.3 Å². The molecule has 4 aromatic rings. The molecule has 0 saturated heterocycles. The third kappa shape index (κ3) is 3.77. The Morgan fingerprint density at radius 1 is 1.11 bits per heavy atom. The second-order valence-electron chi connectivity index (χ2n) is 8.59. The molecule has 6 nitrogen and oxygen atoms in total. The van der Waals surface area contributed by atoms with E-state index in [-0.39, 0.29) is 23.3 Å². The minimum absolute atomic E-state index is 0.0948. The highest BCUT2D eigenvalue weighted by Gasteiger charge is 2.47. The number of hydrogen-bond donors (Lipinski definition) is 1. The van der Waals surface area contributed by atoms with Crippen LogP contribution in [0.15, 0.2) is 71.5 Å². The average molecular weight is 474 g/mol. The van der Waals surface area contributed by atoms with E-state index in [4.69, 9.17) is 10.5 Å². The highest BCUT2D eigenvalue weighted by Crippen LogP contribution is 2.47. The molecule has 35 heavy (non-hydrogen) atoms. The van der Waals surface area contributed by atoms with Crippen LogP contribution >= 0.6 is 0 Å². The molecule has 7 heteroatoms. The van der Waals surface area contributed by atoms with Crippen LogP contribution in [-0.4, -0.2) is 22.6 Å². The van der Waals surface area contributed by atoms with Gasteiger partial charge in [0.15, 0.2) is 0 Å². The maximum atomic E-state index is 15.9. The average Bonchev–Trinajstić information content (AvgIpc) is 2.86. The summed E-state index contributed by atoms with van der Waals surface area (Å²) in [4.78, 5) is 31.3. The van der Waals surface area contributed by atoms with Crippen LogP contribution in [0.25, 0.3) is 22.0 Å². The lowest BCUT2D eigenvalue weighted by Gasteiger charge is -2.41. The topological polar surface area (TPSA) is 87.2 Å². The van der Waals surface area contributed by atoms with Gasteiger partial charge in [0.2, 0.25) is 5.91 Å². The maximum Gasteiger partial charge on any atom is 0.262 e. The van der Waals surface area contributed by atoms with E-state index in [1.165, 1.54) is 17.7 Å². The molecule has 2 atom stereocenters. The molecule has 1 aromatic heterocycles. The zero-order chi connectivity index (χ0) is 25.3. The van der Waals surface area contributed by atoms with Gasteiger partial charge in [-0.25, -0.2) is 9.37 Å². The zero-order valence-electron chi connectivity index (χ0n) is 20.2. The number of halogens is 1. The lowest BCUT2D eigenvalue weighted by molar-refractivity contribution is -0.124. The van der Waals surface area contributed by atoms with Crippen molar-refractivity contribution in [1.29, 1.82) is 0 Å². The van der Waals surface area contributed by atoms with Crippen LogP contribution in [0, 0.1) is 18.7 Å².